The SMILES string of the molecule is N#CCc1ccc(OCC(=O)NCc2ccc(-c3ccc(Cl)cc3)o2)cc1. The van der Waals surface area contributed by atoms with Crippen LogP contribution in [0.15, 0.2) is 65.1 Å². The van der Waals surface area contributed by atoms with Crippen molar-refractivity contribution in [3.8, 4) is 23.1 Å². The molecule has 1 aromatic heterocycles. The van der Waals surface area contributed by atoms with Crippen molar-refractivity contribution in [1.82, 2.24) is 5.32 Å². The number of benzene rings is 2. The Labute approximate surface area is 162 Å². The van der Waals surface area contributed by atoms with Crippen molar-refractivity contribution in [2.75, 3.05) is 6.61 Å². The van der Waals surface area contributed by atoms with Crippen LogP contribution in [0.3, 0.4) is 0 Å². The quantitative estimate of drug-likeness (QED) is 0.660. The Kier molecular flexibility index (Phi) is 6.14. The lowest BCUT2D eigenvalue weighted by Crippen LogP contribution is -2.28. The summed E-state index contributed by atoms with van der Waals surface area (Å²) >= 11 is 5.88. The molecule has 136 valence electrons. The van der Waals surface area contributed by atoms with Gasteiger partial charge < -0.3 is 14.5 Å². The van der Waals surface area contributed by atoms with Crippen molar-refractivity contribution in [3.63, 3.8) is 0 Å². The molecule has 2 aromatic carbocycles. The summed E-state index contributed by atoms with van der Waals surface area (Å²) in [7, 11) is 0. The van der Waals surface area contributed by atoms with Crippen LogP contribution in [0.1, 0.15) is 11.3 Å². The summed E-state index contributed by atoms with van der Waals surface area (Å²) in [5.74, 6) is 1.69. The van der Waals surface area contributed by atoms with Gasteiger partial charge in [0, 0.05) is 10.6 Å². The third kappa shape index (κ3) is 5.37. The molecule has 27 heavy (non-hydrogen) atoms. The number of amides is 1. The van der Waals surface area contributed by atoms with E-state index in [1.165, 1.54) is 0 Å². The van der Waals surface area contributed by atoms with Crippen LogP contribution in [-0.2, 0) is 17.8 Å². The minimum absolute atomic E-state index is 0.0949. The van der Waals surface area contributed by atoms with E-state index in [9.17, 15) is 4.79 Å². The Hall–Kier alpha value is -3.23. The van der Waals surface area contributed by atoms with E-state index in [-0.39, 0.29) is 19.1 Å². The molecule has 1 N–H and O–H groups in total. The van der Waals surface area contributed by atoms with Gasteiger partial charge in [0.15, 0.2) is 6.61 Å². The van der Waals surface area contributed by atoms with Crippen LogP contribution in [0.2, 0.25) is 5.02 Å². The molecule has 1 amide bonds. The lowest BCUT2D eigenvalue weighted by molar-refractivity contribution is -0.123. The minimum Gasteiger partial charge on any atom is -0.484 e. The van der Waals surface area contributed by atoms with Crippen molar-refractivity contribution in [2.24, 2.45) is 0 Å². The molecule has 0 saturated carbocycles. The molecule has 0 radical (unpaired) electrons. The number of hydrogen-bond acceptors (Lipinski definition) is 4. The molecule has 0 spiro atoms. The number of furan rings is 1. The van der Waals surface area contributed by atoms with E-state index in [4.69, 9.17) is 26.0 Å². The Morgan fingerprint density at radius 1 is 1.07 bits per heavy atom. The van der Waals surface area contributed by atoms with Gasteiger partial charge in [-0.2, -0.15) is 5.26 Å². The maximum atomic E-state index is 11.9. The normalized spacial score (nSPS) is 10.2. The van der Waals surface area contributed by atoms with E-state index < -0.39 is 0 Å². The second-order valence-corrected chi connectivity index (χ2v) is 6.25. The van der Waals surface area contributed by atoms with Gasteiger partial charge in [0.2, 0.25) is 0 Å². The van der Waals surface area contributed by atoms with E-state index >= 15 is 0 Å². The highest BCUT2D eigenvalue weighted by molar-refractivity contribution is 6.30. The predicted octanol–water partition coefficient (Wildman–Crippen LogP) is 4.36. The Balaban J connectivity index is 1.46. The van der Waals surface area contributed by atoms with Crippen molar-refractivity contribution in [3.05, 3.63) is 77.0 Å². The molecule has 0 fully saturated rings. The second kappa shape index (κ2) is 8.93. The summed E-state index contributed by atoms with van der Waals surface area (Å²) in [6.07, 6.45) is 0.349. The zero-order valence-electron chi connectivity index (χ0n) is 14.4. The molecular weight excluding hydrogens is 364 g/mol. The maximum Gasteiger partial charge on any atom is 0.258 e. The van der Waals surface area contributed by atoms with Crippen LogP contribution in [-0.4, -0.2) is 12.5 Å². The smallest absolute Gasteiger partial charge is 0.258 e. The summed E-state index contributed by atoms with van der Waals surface area (Å²) in [5.41, 5.74) is 1.82. The summed E-state index contributed by atoms with van der Waals surface area (Å²) in [5, 5.41) is 12.1. The van der Waals surface area contributed by atoms with Crippen molar-refractivity contribution >= 4 is 17.5 Å². The first-order valence-corrected chi connectivity index (χ1v) is 8.72. The van der Waals surface area contributed by atoms with Gasteiger partial charge in [0.1, 0.15) is 17.3 Å². The first-order chi connectivity index (χ1) is 13.1. The highest BCUT2D eigenvalue weighted by Crippen LogP contribution is 2.23. The zero-order valence-corrected chi connectivity index (χ0v) is 15.2. The first-order valence-electron chi connectivity index (χ1n) is 8.34. The van der Waals surface area contributed by atoms with Crippen LogP contribution in [0.4, 0.5) is 0 Å². The summed E-state index contributed by atoms with van der Waals surface area (Å²) in [6, 6.07) is 20.2. The minimum atomic E-state index is -0.249. The van der Waals surface area contributed by atoms with Gasteiger partial charge in [-0.05, 0) is 54.1 Å². The van der Waals surface area contributed by atoms with Crippen molar-refractivity contribution in [2.45, 2.75) is 13.0 Å². The average Bonchev–Trinajstić information content (AvgIpc) is 3.16. The fourth-order valence-corrected chi connectivity index (χ4v) is 2.55. The summed E-state index contributed by atoms with van der Waals surface area (Å²) < 4.78 is 11.2. The second-order valence-electron chi connectivity index (χ2n) is 5.82. The highest BCUT2D eigenvalue weighted by Gasteiger charge is 2.07. The molecule has 3 rings (SSSR count). The predicted molar refractivity (Wildman–Crippen MR) is 102 cm³/mol. The van der Waals surface area contributed by atoms with Gasteiger partial charge in [-0.1, -0.05) is 23.7 Å². The van der Waals surface area contributed by atoms with Crippen LogP contribution in [0.25, 0.3) is 11.3 Å². The number of carbonyl (C=O) groups excluding carboxylic acids is 1. The molecule has 6 heteroatoms. The van der Waals surface area contributed by atoms with Crippen molar-refractivity contribution in [1.29, 1.82) is 5.26 Å². The van der Waals surface area contributed by atoms with Gasteiger partial charge in [-0.3, -0.25) is 4.79 Å². The molecule has 0 aliphatic carbocycles. The molecule has 3 aromatic rings. The maximum absolute atomic E-state index is 11.9. The fraction of sp³-hybridized carbons (Fsp3) is 0.143. The summed E-state index contributed by atoms with van der Waals surface area (Å²) in [4.78, 5) is 11.9. The lowest BCUT2D eigenvalue weighted by atomic mass is 10.2. The van der Waals surface area contributed by atoms with Crippen LogP contribution in [0.5, 0.6) is 5.75 Å². The standard InChI is InChI=1S/C21H17ClN2O3/c22-17-5-3-16(4-6-17)20-10-9-19(27-20)13-24-21(25)14-26-18-7-1-15(2-8-18)11-12-23/h1-10H,11,13-14H2,(H,24,25). The number of nitrogens with one attached hydrogen (secondary N) is 1. The van der Waals surface area contributed by atoms with E-state index in [2.05, 4.69) is 11.4 Å². The van der Waals surface area contributed by atoms with E-state index in [0.29, 0.717) is 28.7 Å². The average molecular weight is 381 g/mol. The van der Waals surface area contributed by atoms with Gasteiger partial charge >= 0.3 is 0 Å². The Bertz CT molecular complexity index is 941. The number of carbonyl (C=O) groups is 1. The lowest BCUT2D eigenvalue weighted by Gasteiger charge is -2.07. The van der Waals surface area contributed by atoms with E-state index in [0.717, 1.165) is 11.1 Å². The number of nitriles is 1. The van der Waals surface area contributed by atoms with Gasteiger partial charge in [-0.15, -0.1) is 0 Å². The number of halogens is 1. The fourth-order valence-electron chi connectivity index (χ4n) is 2.42. The van der Waals surface area contributed by atoms with Crippen molar-refractivity contribution < 1.29 is 13.9 Å². The number of hydrogen-bond donors (Lipinski definition) is 1. The molecule has 0 saturated heterocycles. The summed E-state index contributed by atoms with van der Waals surface area (Å²) in [6.45, 7) is 0.180. The third-order valence-electron chi connectivity index (χ3n) is 3.83. The Morgan fingerprint density at radius 3 is 2.52 bits per heavy atom. The molecular formula is C21H17ClN2O3. The van der Waals surface area contributed by atoms with Crippen LogP contribution >= 0.6 is 11.6 Å². The molecule has 1 heterocycles. The van der Waals surface area contributed by atoms with E-state index in [1.54, 1.807) is 36.4 Å². The van der Waals surface area contributed by atoms with Gasteiger partial charge in [0.25, 0.3) is 5.91 Å². The van der Waals surface area contributed by atoms with Crippen LogP contribution in [0, 0.1) is 11.3 Å². The number of rotatable bonds is 7. The molecule has 0 atom stereocenters. The zero-order chi connectivity index (χ0) is 19.1. The number of nitrogens with zero attached hydrogens (tertiary/aromatic N) is 1. The molecule has 0 aliphatic heterocycles. The third-order valence-corrected chi connectivity index (χ3v) is 4.08. The Morgan fingerprint density at radius 2 is 1.81 bits per heavy atom. The number of ether oxygens (including phenoxy) is 1. The van der Waals surface area contributed by atoms with Gasteiger partial charge in [0.05, 0.1) is 19.0 Å². The first kappa shape index (κ1) is 18.6. The van der Waals surface area contributed by atoms with Crippen LogP contribution < -0.4 is 10.1 Å². The molecule has 0 bridgehead atoms. The van der Waals surface area contributed by atoms with E-state index in [1.807, 2.05) is 24.3 Å². The van der Waals surface area contributed by atoms with Gasteiger partial charge in [-0.25, -0.2) is 0 Å². The molecule has 0 aliphatic rings. The molecule has 5 nitrogen and oxygen atoms in total. The highest BCUT2D eigenvalue weighted by atomic mass is 35.5. The molecule has 0 unspecified atom stereocenters. The monoisotopic (exact) mass is 380 g/mol. The largest absolute Gasteiger partial charge is 0.484 e. The topological polar surface area (TPSA) is 75.3 Å².